The molecular weight excluding hydrogens is 537 g/mol. The summed E-state index contributed by atoms with van der Waals surface area (Å²) < 4.78 is 28.9. The molecule has 3 N–H and O–H groups in total. The third-order valence-corrected chi connectivity index (χ3v) is 5.41. The van der Waals surface area contributed by atoms with E-state index in [1.54, 1.807) is 6.07 Å². The molecule has 9 heteroatoms. The molecule has 1 aliphatic carbocycles. The Labute approximate surface area is 176 Å². The van der Waals surface area contributed by atoms with Gasteiger partial charge >= 0.3 is 0 Å². The predicted molar refractivity (Wildman–Crippen MR) is 109 cm³/mol. The minimum Gasteiger partial charge on any atom is -0.394 e. The number of rotatable bonds is 7. The van der Waals surface area contributed by atoms with Crippen LogP contribution in [0.25, 0.3) is 0 Å². The van der Waals surface area contributed by atoms with Crippen LogP contribution in [-0.2, 0) is 4.84 Å². The molecule has 0 saturated heterocycles. The van der Waals surface area contributed by atoms with Crippen molar-refractivity contribution < 1.29 is 23.5 Å². The lowest BCUT2D eigenvalue weighted by Crippen LogP contribution is -2.33. The molecule has 1 amide bonds. The molecule has 0 spiro atoms. The Hall–Kier alpha value is -1.30. The molecule has 1 atom stereocenters. The van der Waals surface area contributed by atoms with E-state index in [0.717, 1.165) is 18.9 Å². The van der Waals surface area contributed by atoms with Crippen LogP contribution in [0.5, 0.6) is 0 Å². The number of benzene rings is 2. The van der Waals surface area contributed by atoms with Gasteiger partial charge in [0.25, 0.3) is 5.91 Å². The highest BCUT2D eigenvalue weighted by Gasteiger charge is 2.32. The first kappa shape index (κ1) is 20.4. The summed E-state index contributed by atoms with van der Waals surface area (Å²) >= 11 is 5.02. The number of hydrogen-bond acceptors (Lipinski definition) is 4. The molecule has 1 aliphatic rings. The zero-order valence-corrected chi connectivity index (χ0v) is 17.7. The molecule has 3 rings (SSSR count). The fourth-order valence-corrected chi connectivity index (χ4v) is 3.31. The Morgan fingerprint density at radius 1 is 1.26 bits per heavy atom. The van der Waals surface area contributed by atoms with Gasteiger partial charge in [0, 0.05) is 3.57 Å². The zero-order chi connectivity index (χ0) is 19.6. The van der Waals surface area contributed by atoms with E-state index in [-0.39, 0.29) is 33.9 Å². The van der Waals surface area contributed by atoms with Crippen molar-refractivity contribution >= 4 is 55.8 Å². The topological polar surface area (TPSA) is 70.6 Å². The number of nitrogens with one attached hydrogen (secondary N) is 2. The van der Waals surface area contributed by atoms with E-state index in [9.17, 15) is 18.7 Å². The van der Waals surface area contributed by atoms with Gasteiger partial charge in [-0.25, -0.2) is 14.3 Å². The molecule has 144 valence electrons. The Bertz CT molecular complexity index is 865. The van der Waals surface area contributed by atoms with Crippen molar-refractivity contribution in [3.63, 3.8) is 0 Å². The fraction of sp³-hybridized carbons (Fsp3) is 0.278. The number of halogens is 4. The number of carbonyl (C=O) groups is 1. The molecule has 1 fully saturated rings. The Balaban J connectivity index is 1.82. The van der Waals surface area contributed by atoms with Gasteiger partial charge in [-0.2, -0.15) is 0 Å². The number of amides is 1. The predicted octanol–water partition coefficient (Wildman–Crippen LogP) is 4.51. The second-order valence-electron chi connectivity index (χ2n) is 6.17. The summed E-state index contributed by atoms with van der Waals surface area (Å²) in [5.74, 6) is -1.55. The lowest BCUT2D eigenvalue weighted by atomic mass is 10.1. The first-order valence-corrected chi connectivity index (χ1v) is 10.0. The molecular formula is C18H16BrF2IN2O3. The molecule has 27 heavy (non-hydrogen) atoms. The van der Waals surface area contributed by atoms with Crippen molar-refractivity contribution in [2.75, 3.05) is 11.9 Å². The van der Waals surface area contributed by atoms with Crippen LogP contribution < -0.4 is 10.8 Å². The number of aliphatic hydroxyl groups excluding tert-OH is 1. The average Bonchev–Trinajstić information content (AvgIpc) is 3.45. The summed E-state index contributed by atoms with van der Waals surface area (Å²) in [5.41, 5.74) is 2.55. The number of hydroxylamine groups is 1. The first-order chi connectivity index (χ1) is 12.9. The molecule has 0 radical (unpaired) electrons. The second kappa shape index (κ2) is 8.80. The molecule has 0 aliphatic heterocycles. The molecule has 1 saturated carbocycles. The largest absolute Gasteiger partial charge is 0.394 e. The van der Waals surface area contributed by atoms with Crippen LogP contribution in [0, 0.1) is 21.1 Å². The first-order valence-electron chi connectivity index (χ1n) is 8.17. The van der Waals surface area contributed by atoms with E-state index >= 15 is 0 Å². The Morgan fingerprint density at radius 3 is 2.63 bits per heavy atom. The highest BCUT2D eigenvalue weighted by atomic mass is 127. The van der Waals surface area contributed by atoms with Gasteiger partial charge in [0.2, 0.25) is 0 Å². The van der Waals surface area contributed by atoms with Crippen LogP contribution in [0.2, 0.25) is 0 Å². The van der Waals surface area contributed by atoms with Gasteiger partial charge in [-0.05, 0) is 87.6 Å². The summed E-state index contributed by atoms with van der Waals surface area (Å²) in [6, 6.07) is 6.89. The molecule has 0 aromatic heterocycles. The summed E-state index contributed by atoms with van der Waals surface area (Å²) in [6.45, 7) is -0.211. The van der Waals surface area contributed by atoms with Gasteiger partial charge in [-0.1, -0.05) is 0 Å². The molecule has 0 heterocycles. The number of aliphatic hydroxyl groups is 1. The van der Waals surface area contributed by atoms with Crippen LogP contribution >= 0.6 is 38.5 Å². The summed E-state index contributed by atoms with van der Waals surface area (Å²) in [7, 11) is 0. The maximum atomic E-state index is 14.1. The monoisotopic (exact) mass is 552 g/mol. The number of anilines is 2. The van der Waals surface area contributed by atoms with Gasteiger partial charge < -0.3 is 10.4 Å². The van der Waals surface area contributed by atoms with Crippen LogP contribution in [0.4, 0.5) is 20.2 Å². The van der Waals surface area contributed by atoms with Gasteiger partial charge in [0.05, 0.1) is 28.0 Å². The van der Waals surface area contributed by atoms with Gasteiger partial charge in [0.15, 0.2) is 0 Å². The third kappa shape index (κ3) is 5.15. The highest BCUT2D eigenvalue weighted by molar-refractivity contribution is 14.1. The van der Waals surface area contributed by atoms with Crippen LogP contribution in [0.1, 0.15) is 23.2 Å². The van der Waals surface area contributed by atoms with E-state index in [1.807, 2.05) is 22.6 Å². The summed E-state index contributed by atoms with van der Waals surface area (Å²) in [6.07, 6.45) is 1.38. The molecule has 2 aromatic rings. The van der Waals surface area contributed by atoms with Gasteiger partial charge in [-0.15, -0.1) is 0 Å². The van der Waals surface area contributed by atoms with Crippen molar-refractivity contribution in [1.29, 1.82) is 0 Å². The minimum absolute atomic E-state index is 0.0636. The minimum atomic E-state index is -0.636. The average molecular weight is 553 g/mol. The molecule has 0 bridgehead atoms. The van der Waals surface area contributed by atoms with Gasteiger partial charge in [-0.3, -0.25) is 9.63 Å². The summed E-state index contributed by atoms with van der Waals surface area (Å²) in [4.78, 5) is 17.8. The molecule has 5 nitrogen and oxygen atoms in total. The van der Waals surface area contributed by atoms with Crippen LogP contribution in [-0.4, -0.2) is 23.7 Å². The molecule has 1 unspecified atom stereocenters. The van der Waals surface area contributed by atoms with Crippen molar-refractivity contribution in [1.82, 2.24) is 5.48 Å². The Morgan fingerprint density at radius 2 is 2.00 bits per heavy atom. The van der Waals surface area contributed by atoms with E-state index in [0.29, 0.717) is 3.57 Å². The van der Waals surface area contributed by atoms with E-state index < -0.39 is 23.6 Å². The smallest absolute Gasteiger partial charge is 0.277 e. The van der Waals surface area contributed by atoms with Crippen molar-refractivity contribution in [3.8, 4) is 0 Å². The van der Waals surface area contributed by atoms with E-state index in [4.69, 9.17) is 4.84 Å². The maximum Gasteiger partial charge on any atom is 0.277 e. The van der Waals surface area contributed by atoms with Crippen molar-refractivity contribution in [2.45, 2.75) is 18.9 Å². The standard InChI is InChI=1S/C18H16BrF2IN2O3/c19-12-6-11(18(26)24-27-17(8-25)9-1-2-9)16(7-13(12)20)23-15-4-3-10(22)5-14(15)21/h3-7,9,17,23,25H,1-2,8H2,(H,24,26). The lowest BCUT2D eigenvalue weighted by Gasteiger charge is -2.17. The van der Waals surface area contributed by atoms with Crippen molar-refractivity contribution in [3.05, 3.63) is 55.6 Å². The quantitative estimate of drug-likeness (QED) is 0.349. The van der Waals surface area contributed by atoms with Crippen LogP contribution in [0.3, 0.4) is 0 Å². The number of hydrogen-bond donors (Lipinski definition) is 3. The third-order valence-electron chi connectivity index (χ3n) is 4.14. The number of carbonyl (C=O) groups excluding carboxylic acids is 1. The molecule has 2 aromatic carbocycles. The van der Waals surface area contributed by atoms with Crippen LogP contribution in [0.15, 0.2) is 34.8 Å². The van der Waals surface area contributed by atoms with E-state index in [2.05, 4.69) is 26.7 Å². The normalized spacial score (nSPS) is 14.7. The zero-order valence-electron chi connectivity index (χ0n) is 13.9. The summed E-state index contributed by atoms with van der Waals surface area (Å²) in [5, 5.41) is 12.1. The van der Waals surface area contributed by atoms with E-state index in [1.165, 1.54) is 18.2 Å². The maximum absolute atomic E-state index is 14.1. The fourth-order valence-electron chi connectivity index (χ4n) is 2.51. The SMILES string of the molecule is O=C(NOC(CO)C1CC1)c1cc(Br)c(F)cc1Nc1ccc(I)cc1F. The Kier molecular flexibility index (Phi) is 6.66. The lowest BCUT2D eigenvalue weighted by molar-refractivity contribution is -0.0497. The second-order valence-corrected chi connectivity index (χ2v) is 8.27. The van der Waals surface area contributed by atoms with Gasteiger partial charge in [0.1, 0.15) is 17.7 Å². The highest BCUT2D eigenvalue weighted by Crippen LogP contribution is 2.34. The van der Waals surface area contributed by atoms with Crippen molar-refractivity contribution in [2.24, 2.45) is 5.92 Å².